The maximum absolute atomic E-state index is 13.1. The van der Waals surface area contributed by atoms with Crippen molar-refractivity contribution in [1.29, 1.82) is 0 Å². The first kappa shape index (κ1) is 13.5. The highest BCUT2D eigenvalue weighted by Crippen LogP contribution is 2.17. The molecule has 0 spiro atoms. The number of carbonyl (C=O) groups is 1. The van der Waals surface area contributed by atoms with E-state index in [1.807, 2.05) is 0 Å². The average Bonchev–Trinajstić information content (AvgIpc) is 2.23. The second-order valence-corrected chi connectivity index (χ2v) is 4.37. The molecule has 0 saturated heterocycles. The van der Waals surface area contributed by atoms with Crippen LogP contribution in [-0.2, 0) is 0 Å². The van der Waals surface area contributed by atoms with Crippen LogP contribution in [0.4, 0.5) is 4.39 Å². The quantitative estimate of drug-likeness (QED) is 0.776. The summed E-state index contributed by atoms with van der Waals surface area (Å²) in [6.45, 7) is 4.70. The molecule has 0 aliphatic rings. The fraction of sp³-hybridized carbons (Fsp3) is 0.462. The fourth-order valence-electron chi connectivity index (χ4n) is 1.45. The summed E-state index contributed by atoms with van der Waals surface area (Å²) in [6, 6.07) is 3.51. The number of hydrogen-bond donors (Lipinski definition) is 1. The van der Waals surface area contributed by atoms with E-state index in [2.05, 4.69) is 13.8 Å². The summed E-state index contributed by atoms with van der Waals surface area (Å²) < 4.78 is 18.4. The number of benzene rings is 1. The van der Waals surface area contributed by atoms with Gasteiger partial charge in [-0.15, -0.1) is 0 Å². The van der Waals surface area contributed by atoms with Crippen LogP contribution in [0.1, 0.15) is 37.0 Å². The molecule has 3 nitrogen and oxygen atoms in total. The number of carboxylic acids is 1. The van der Waals surface area contributed by atoms with Gasteiger partial charge in [-0.1, -0.05) is 13.8 Å². The van der Waals surface area contributed by atoms with Crippen molar-refractivity contribution in [1.82, 2.24) is 0 Å². The smallest absolute Gasteiger partial charge is 0.335 e. The summed E-state index contributed by atoms with van der Waals surface area (Å²) in [6.07, 6.45) is 1.90. The third kappa shape index (κ3) is 4.85. The Morgan fingerprint density at radius 1 is 1.41 bits per heavy atom. The van der Waals surface area contributed by atoms with Gasteiger partial charge in [0.1, 0.15) is 11.6 Å². The minimum atomic E-state index is -1.16. The lowest BCUT2D eigenvalue weighted by Gasteiger charge is -2.08. The molecule has 0 amide bonds. The molecule has 1 rings (SSSR count). The van der Waals surface area contributed by atoms with Crippen LogP contribution in [0.2, 0.25) is 0 Å². The fourth-order valence-corrected chi connectivity index (χ4v) is 1.45. The van der Waals surface area contributed by atoms with Crippen molar-refractivity contribution in [2.75, 3.05) is 6.61 Å². The Balaban J connectivity index is 2.56. The summed E-state index contributed by atoms with van der Waals surface area (Å²) in [4.78, 5) is 10.7. The summed E-state index contributed by atoms with van der Waals surface area (Å²) in [5.41, 5.74) is -0.0936. The number of hydrogen-bond acceptors (Lipinski definition) is 2. The van der Waals surface area contributed by atoms with Crippen LogP contribution < -0.4 is 4.74 Å². The molecular formula is C13H17FO3. The summed E-state index contributed by atoms with van der Waals surface area (Å²) in [5, 5.41) is 8.76. The first-order valence-electron chi connectivity index (χ1n) is 5.65. The molecule has 0 aromatic heterocycles. The van der Waals surface area contributed by atoms with Gasteiger partial charge >= 0.3 is 5.97 Å². The zero-order chi connectivity index (χ0) is 12.8. The van der Waals surface area contributed by atoms with Crippen LogP contribution >= 0.6 is 0 Å². The van der Waals surface area contributed by atoms with Crippen LogP contribution in [0.5, 0.6) is 5.75 Å². The first-order chi connectivity index (χ1) is 7.99. The highest BCUT2D eigenvalue weighted by molar-refractivity contribution is 5.88. The Labute approximate surface area is 100 Å². The molecule has 0 fully saturated rings. The zero-order valence-electron chi connectivity index (χ0n) is 10.1. The summed E-state index contributed by atoms with van der Waals surface area (Å²) >= 11 is 0. The highest BCUT2D eigenvalue weighted by Gasteiger charge is 2.07. The minimum absolute atomic E-state index is 0.0936. The van der Waals surface area contributed by atoms with Gasteiger partial charge < -0.3 is 9.84 Å². The molecule has 4 heteroatoms. The number of aromatic carboxylic acids is 1. The molecule has 0 aliphatic carbocycles. The topological polar surface area (TPSA) is 46.5 Å². The second-order valence-electron chi connectivity index (χ2n) is 4.37. The van der Waals surface area contributed by atoms with Crippen LogP contribution in [0.3, 0.4) is 0 Å². The first-order valence-corrected chi connectivity index (χ1v) is 5.65. The molecule has 0 bridgehead atoms. The third-order valence-electron chi connectivity index (χ3n) is 2.31. The lowest BCUT2D eigenvalue weighted by Crippen LogP contribution is -2.02. The second kappa shape index (κ2) is 6.23. The van der Waals surface area contributed by atoms with Crippen molar-refractivity contribution in [3.8, 4) is 5.75 Å². The van der Waals surface area contributed by atoms with Gasteiger partial charge in [-0.25, -0.2) is 9.18 Å². The molecule has 0 unspecified atom stereocenters. The van der Waals surface area contributed by atoms with Crippen LogP contribution in [-0.4, -0.2) is 17.7 Å². The van der Waals surface area contributed by atoms with E-state index < -0.39 is 11.8 Å². The summed E-state index contributed by atoms with van der Waals surface area (Å²) in [7, 11) is 0. The van der Waals surface area contributed by atoms with Crippen molar-refractivity contribution < 1.29 is 19.0 Å². The highest BCUT2D eigenvalue weighted by atomic mass is 19.1. The van der Waals surface area contributed by atoms with Gasteiger partial charge in [0, 0.05) is 6.07 Å². The van der Waals surface area contributed by atoms with Crippen molar-refractivity contribution in [2.24, 2.45) is 5.92 Å². The molecule has 17 heavy (non-hydrogen) atoms. The SMILES string of the molecule is CC(C)CCCOc1cc(F)cc(C(=O)O)c1. The Hall–Kier alpha value is -1.58. The van der Waals surface area contributed by atoms with E-state index in [-0.39, 0.29) is 11.3 Å². The molecule has 94 valence electrons. The molecule has 0 atom stereocenters. The van der Waals surface area contributed by atoms with Gasteiger partial charge in [0.05, 0.1) is 12.2 Å². The van der Waals surface area contributed by atoms with Crippen molar-refractivity contribution in [3.05, 3.63) is 29.6 Å². The summed E-state index contributed by atoms with van der Waals surface area (Å²) in [5.74, 6) is -0.882. The molecule has 0 radical (unpaired) electrons. The standard InChI is InChI=1S/C13H17FO3/c1-9(2)4-3-5-17-12-7-10(13(15)16)6-11(14)8-12/h6-9H,3-5H2,1-2H3,(H,15,16). The van der Waals surface area contributed by atoms with E-state index in [1.54, 1.807) is 0 Å². The lowest BCUT2D eigenvalue weighted by atomic mass is 10.1. The van der Waals surface area contributed by atoms with Gasteiger partial charge in [0.25, 0.3) is 0 Å². The van der Waals surface area contributed by atoms with E-state index >= 15 is 0 Å². The number of carboxylic acid groups (broad SMARTS) is 1. The van der Waals surface area contributed by atoms with Crippen LogP contribution in [0.25, 0.3) is 0 Å². The van der Waals surface area contributed by atoms with E-state index in [0.29, 0.717) is 12.5 Å². The Bertz CT molecular complexity index is 388. The monoisotopic (exact) mass is 240 g/mol. The minimum Gasteiger partial charge on any atom is -0.493 e. The Morgan fingerprint density at radius 2 is 2.12 bits per heavy atom. The molecule has 1 aromatic rings. The lowest BCUT2D eigenvalue weighted by molar-refractivity contribution is 0.0695. The van der Waals surface area contributed by atoms with Gasteiger partial charge in [-0.05, 0) is 30.9 Å². The van der Waals surface area contributed by atoms with Gasteiger partial charge in [0.2, 0.25) is 0 Å². The molecule has 0 saturated carbocycles. The Morgan fingerprint density at radius 3 is 2.71 bits per heavy atom. The normalized spacial score (nSPS) is 10.6. The molecule has 0 aliphatic heterocycles. The predicted octanol–water partition coefficient (Wildman–Crippen LogP) is 3.34. The predicted molar refractivity (Wildman–Crippen MR) is 62.9 cm³/mol. The van der Waals surface area contributed by atoms with E-state index in [4.69, 9.17) is 9.84 Å². The largest absolute Gasteiger partial charge is 0.493 e. The van der Waals surface area contributed by atoms with E-state index in [0.717, 1.165) is 18.9 Å². The molecule has 1 N–H and O–H groups in total. The average molecular weight is 240 g/mol. The molecular weight excluding hydrogens is 223 g/mol. The number of halogens is 1. The maximum Gasteiger partial charge on any atom is 0.335 e. The number of rotatable bonds is 6. The third-order valence-corrected chi connectivity index (χ3v) is 2.31. The van der Waals surface area contributed by atoms with Crippen molar-refractivity contribution in [3.63, 3.8) is 0 Å². The Kier molecular flexibility index (Phi) is 4.94. The van der Waals surface area contributed by atoms with Crippen molar-refractivity contribution >= 4 is 5.97 Å². The van der Waals surface area contributed by atoms with Gasteiger partial charge in [0.15, 0.2) is 0 Å². The van der Waals surface area contributed by atoms with E-state index in [9.17, 15) is 9.18 Å². The van der Waals surface area contributed by atoms with Crippen LogP contribution in [0, 0.1) is 11.7 Å². The molecule has 1 aromatic carbocycles. The van der Waals surface area contributed by atoms with Crippen molar-refractivity contribution in [2.45, 2.75) is 26.7 Å². The maximum atomic E-state index is 13.1. The van der Waals surface area contributed by atoms with Crippen LogP contribution in [0.15, 0.2) is 18.2 Å². The van der Waals surface area contributed by atoms with Gasteiger partial charge in [-0.3, -0.25) is 0 Å². The zero-order valence-corrected chi connectivity index (χ0v) is 10.1. The molecule has 0 heterocycles. The number of ether oxygens (including phenoxy) is 1. The van der Waals surface area contributed by atoms with E-state index in [1.165, 1.54) is 12.1 Å². The van der Waals surface area contributed by atoms with Gasteiger partial charge in [-0.2, -0.15) is 0 Å².